The standard InChI is InChI=1S/C20H22N4O2/c25-19(26)18(15-7-8-21-12-15)11-14-4-3-5-16(10-14)23-20-22-13-17-6-1-2-9-24(17)20/h1-6,9-10,13,15,18,21H,7-8,11-12H2,(H,22,23)(H,25,26)/t15-,18-/m0/s1. The highest BCUT2D eigenvalue weighted by atomic mass is 16.4. The van der Waals surface area contributed by atoms with E-state index in [0.29, 0.717) is 6.42 Å². The normalized spacial score (nSPS) is 18.1. The number of aromatic nitrogens is 2. The maximum absolute atomic E-state index is 11.7. The van der Waals surface area contributed by atoms with Crippen LogP contribution in [0.3, 0.4) is 0 Å². The van der Waals surface area contributed by atoms with Gasteiger partial charge in [0, 0.05) is 11.9 Å². The first-order valence-corrected chi connectivity index (χ1v) is 8.92. The molecular weight excluding hydrogens is 328 g/mol. The summed E-state index contributed by atoms with van der Waals surface area (Å²) in [6, 6.07) is 13.9. The number of pyridine rings is 1. The highest BCUT2D eigenvalue weighted by molar-refractivity contribution is 5.71. The molecule has 134 valence electrons. The molecule has 0 amide bonds. The van der Waals surface area contributed by atoms with Crippen molar-refractivity contribution >= 4 is 23.1 Å². The lowest BCUT2D eigenvalue weighted by molar-refractivity contribution is -0.143. The van der Waals surface area contributed by atoms with Gasteiger partial charge in [0.05, 0.1) is 17.6 Å². The molecule has 2 atom stereocenters. The number of carbonyl (C=O) groups is 1. The fraction of sp³-hybridized carbons (Fsp3) is 0.300. The Balaban J connectivity index is 1.53. The predicted octanol–water partition coefficient (Wildman–Crippen LogP) is 2.93. The summed E-state index contributed by atoms with van der Waals surface area (Å²) in [6.07, 6.45) is 5.25. The Morgan fingerprint density at radius 1 is 1.35 bits per heavy atom. The number of aliphatic carboxylic acids is 1. The molecule has 0 bridgehead atoms. The van der Waals surface area contributed by atoms with Gasteiger partial charge in [0.2, 0.25) is 5.95 Å². The monoisotopic (exact) mass is 350 g/mol. The van der Waals surface area contributed by atoms with Crippen molar-refractivity contribution in [3.8, 4) is 0 Å². The topological polar surface area (TPSA) is 78.7 Å². The number of carboxylic acids is 1. The molecule has 1 fully saturated rings. The average molecular weight is 350 g/mol. The van der Waals surface area contributed by atoms with E-state index in [1.165, 1.54) is 0 Å². The Morgan fingerprint density at radius 2 is 2.27 bits per heavy atom. The van der Waals surface area contributed by atoms with Gasteiger partial charge in [-0.2, -0.15) is 0 Å². The van der Waals surface area contributed by atoms with Crippen molar-refractivity contribution in [3.05, 3.63) is 60.4 Å². The zero-order chi connectivity index (χ0) is 17.9. The van der Waals surface area contributed by atoms with Crippen LogP contribution in [0.25, 0.3) is 5.52 Å². The first-order chi connectivity index (χ1) is 12.7. The van der Waals surface area contributed by atoms with E-state index < -0.39 is 5.97 Å². The largest absolute Gasteiger partial charge is 0.481 e. The Morgan fingerprint density at radius 3 is 3.08 bits per heavy atom. The van der Waals surface area contributed by atoms with Gasteiger partial charge < -0.3 is 15.7 Å². The number of carboxylic acid groups (broad SMARTS) is 1. The third kappa shape index (κ3) is 3.41. The lowest BCUT2D eigenvalue weighted by Gasteiger charge is -2.19. The Hall–Kier alpha value is -2.86. The maximum Gasteiger partial charge on any atom is 0.307 e. The lowest BCUT2D eigenvalue weighted by atomic mass is 9.86. The maximum atomic E-state index is 11.7. The molecule has 0 saturated carbocycles. The molecular formula is C20H22N4O2. The number of anilines is 2. The van der Waals surface area contributed by atoms with E-state index in [1.807, 2.05) is 59.3 Å². The summed E-state index contributed by atoms with van der Waals surface area (Å²) in [5.74, 6) is -0.128. The number of rotatable bonds is 6. The molecule has 1 aromatic carbocycles. The quantitative estimate of drug-likeness (QED) is 0.637. The molecule has 6 nitrogen and oxygen atoms in total. The lowest BCUT2D eigenvalue weighted by Crippen LogP contribution is -2.27. The highest BCUT2D eigenvalue weighted by Crippen LogP contribution is 2.25. The third-order valence-corrected chi connectivity index (χ3v) is 5.06. The zero-order valence-electron chi connectivity index (χ0n) is 14.4. The molecule has 2 aromatic heterocycles. The predicted molar refractivity (Wildman–Crippen MR) is 101 cm³/mol. The number of hydrogen-bond donors (Lipinski definition) is 3. The summed E-state index contributed by atoms with van der Waals surface area (Å²) >= 11 is 0. The second kappa shape index (κ2) is 7.17. The summed E-state index contributed by atoms with van der Waals surface area (Å²) in [7, 11) is 0. The molecule has 0 unspecified atom stereocenters. The Kier molecular flexibility index (Phi) is 4.58. The van der Waals surface area contributed by atoms with Crippen molar-refractivity contribution in [1.82, 2.24) is 14.7 Å². The molecule has 0 aliphatic carbocycles. The van der Waals surface area contributed by atoms with Crippen molar-refractivity contribution in [2.45, 2.75) is 12.8 Å². The Bertz CT molecular complexity index is 915. The third-order valence-electron chi connectivity index (χ3n) is 5.06. The van der Waals surface area contributed by atoms with Crippen molar-refractivity contribution in [2.24, 2.45) is 11.8 Å². The molecule has 3 N–H and O–H groups in total. The molecule has 0 radical (unpaired) electrons. The second-order valence-corrected chi connectivity index (χ2v) is 6.80. The van der Waals surface area contributed by atoms with E-state index in [2.05, 4.69) is 15.6 Å². The van der Waals surface area contributed by atoms with Crippen LogP contribution in [0, 0.1) is 11.8 Å². The van der Waals surface area contributed by atoms with Gasteiger partial charge in [-0.1, -0.05) is 18.2 Å². The fourth-order valence-electron chi connectivity index (χ4n) is 3.67. The zero-order valence-corrected chi connectivity index (χ0v) is 14.4. The average Bonchev–Trinajstić information content (AvgIpc) is 3.30. The molecule has 3 aromatic rings. The van der Waals surface area contributed by atoms with E-state index in [-0.39, 0.29) is 11.8 Å². The van der Waals surface area contributed by atoms with E-state index >= 15 is 0 Å². The van der Waals surface area contributed by atoms with Gasteiger partial charge in [-0.3, -0.25) is 9.20 Å². The molecule has 6 heteroatoms. The number of nitrogens with zero attached hydrogens (tertiary/aromatic N) is 2. The number of benzene rings is 1. The minimum Gasteiger partial charge on any atom is -0.481 e. The van der Waals surface area contributed by atoms with Crippen molar-refractivity contribution in [2.75, 3.05) is 18.4 Å². The van der Waals surface area contributed by atoms with Crippen LogP contribution in [-0.4, -0.2) is 33.6 Å². The molecule has 1 saturated heterocycles. The molecule has 1 aliphatic heterocycles. The highest BCUT2D eigenvalue weighted by Gasteiger charge is 2.30. The Labute approximate surface area is 151 Å². The summed E-state index contributed by atoms with van der Waals surface area (Å²) in [5, 5.41) is 16.2. The van der Waals surface area contributed by atoms with Gasteiger partial charge >= 0.3 is 5.97 Å². The van der Waals surface area contributed by atoms with Crippen LogP contribution < -0.4 is 10.6 Å². The summed E-state index contributed by atoms with van der Waals surface area (Å²) in [6.45, 7) is 1.69. The molecule has 4 rings (SSSR count). The second-order valence-electron chi connectivity index (χ2n) is 6.80. The number of fused-ring (bicyclic) bond motifs is 1. The van der Waals surface area contributed by atoms with Gasteiger partial charge in [-0.05, 0) is 61.7 Å². The van der Waals surface area contributed by atoms with Gasteiger partial charge in [0.15, 0.2) is 0 Å². The van der Waals surface area contributed by atoms with Crippen LogP contribution in [0.5, 0.6) is 0 Å². The smallest absolute Gasteiger partial charge is 0.307 e. The van der Waals surface area contributed by atoms with Crippen LogP contribution >= 0.6 is 0 Å². The molecule has 1 aliphatic rings. The van der Waals surface area contributed by atoms with E-state index in [1.54, 1.807) is 0 Å². The fourth-order valence-corrected chi connectivity index (χ4v) is 3.67. The van der Waals surface area contributed by atoms with Gasteiger partial charge in [-0.25, -0.2) is 4.98 Å². The van der Waals surface area contributed by atoms with Crippen LogP contribution in [0.2, 0.25) is 0 Å². The van der Waals surface area contributed by atoms with Crippen LogP contribution in [-0.2, 0) is 11.2 Å². The summed E-state index contributed by atoms with van der Waals surface area (Å²) in [5.41, 5.74) is 2.95. The van der Waals surface area contributed by atoms with Gasteiger partial charge in [0.25, 0.3) is 0 Å². The SMILES string of the molecule is O=C(O)[C@@H](Cc1cccc(Nc2ncc3ccccn23)c1)[C@H]1CCNC1. The number of nitrogens with one attached hydrogen (secondary N) is 2. The van der Waals surface area contributed by atoms with Crippen LogP contribution in [0.4, 0.5) is 11.6 Å². The summed E-state index contributed by atoms with van der Waals surface area (Å²) in [4.78, 5) is 16.1. The van der Waals surface area contributed by atoms with Crippen LogP contribution in [0.1, 0.15) is 12.0 Å². The minimum atomic E-state index is -0.712. The first-order valence-electron chi connectivity index (χ1n) is 8.92. The minimum absolute atomic E-state index is 0.195. The molecule has 26 heavy (non-hydrogen) atoms. The van der Waals surface area contributed by atoms with E-state index in [0.717, 1.165) is 42.2 Å². The van der Waals surface area contributed by atoms with E-state index in [4.69, 9.17) is 0 Å². The van der Waals surface area contributed by atoms with Crippen molar-refractivity contribution < 1.29 is 9.90 Å². The van der Waals surface area contributed by atoms with Crippen molar-refractivity contribution in [1.29, 1.82) is 0 Å². The summed E-state index contributed by atoms with van der Waals surface area (Å²) < 4.78 is 1.98. The van der Waals surface area contributed by atoms with Crippen molar-refractivity contribution in [3.63, 3.8) is 0 Å². The first kappa shape index (κ1) is 16.6. The van der Waals surface area contributed by atoms with E-state index in [9.17, 15) is 9.90 Å². The number of imidazole rings is 1. The van der Waals surface area contributed by atoms with Crippen LogP contribution in [0.15, 0.2) is 54.9 Å². The molecule has 0 spiro atoms. The van der Waals surface area contributed by atoms with Gasteiger partial charge in [-0.15, -0.1) is 0 Å². The number of hydrogen-bond acceptors (Lipinski definition) is 4. The molecule has 3 heterocycles. The van der Waals surface area contributed by atoms with Gasteiger partial charge in [0.1, 0.15) is 0 Å².